The molecule has 0 aliphatic carbocycles. The van der Waals surface area contributed by atoms with Crippen molar-refractivity contribution in [3.63, 3.8) is 0 Å². The molecule has 0 aliphatic heterocycles. The fourth-order valence-corrected chi connectivity index (χ4v) is 2.38. The molecule has 1 N–H and O–H groups in total. The molecule has 2 aromatic rings. The van der Waals surface area contributed by atoms with Crippen molar-refractivity contribution < 1.29 is 0 Å². The minimum atomic E-state index is 0.454. The van der Waals surface area contributed by atoms with Gasteiger partial charge in [0.2, 0.25) is 0 Å². The lowest BCUT2D eigenvalue weighted by atomic mass is 9.90. The molecular formula is C17H21N. The maximum absolute atomic E-state index is 3.17. The van der Waals surface area contributed by atoms with E-state index in [2.05, 4.69) is 67.7 Å². The van der Waals surface area contributed by atoms with Crippen LogP contribution in [0.1, 0.15) is 35.1 Å². The monoisotopic (exact) mass is 239 g/mol. The van der Waals surface area contributed by atoms with Gasteiger partial charge in [-0.2, -0.15) is 0 Å². The Balaban J connectivity index is 2.23. The molecule has 2 aromatic carbocycles. The number of benzene rings is 2. The second-order valence-electron chi connectivity index (χ2n) is 4.85. The lowest BCUT2D eigenvalue weighted by Crippen LogP contribution is -2.05. The molecule has 1 nitrogen and oxygen atoms in total. The fourth-order valence-electron chi connectivity index (χ4n) is 2.38. The molecule has 1 atom stereocenters. The Morgan fingerprint density at radius 3 is 2.28 bits per heavy atom. The van der Waals surface area contributed by atoms with Gasteiger partial charge in [-0.3, -0.25) is 0 Å². The van der Waals surface area contributed by atoms with E-state index in [9.17, 15) is 0 Å². The highest BCUT2D eigenvalue weighted by molar-refractivity contribution is 5.37. The minimum absolute atomic E-state index is 0.454. The van der Waals surface area contributed by atoms with Crippen molar-refractivity contribution in [1.82, 2.24) is 5.32 Å². The summed E-state index contributed by atoms with van der Waals surface area (Å²) in [5, 5.41) is 3.17. The van der Waals surface area contributed by atoms with Gasteiger partial charge < -0.3 is 5.32 Å². The van der Waals surface area contributed by atoms with Crippen molar-refractivity contribution in [2.45, 2.75) is 26.3 Å². The van der Waals surface area contributed by atoms with Crippen molar-refractivity contribution in [1.29, 1.82) is 0 Å². The van der Waals surface area contributed by atoms with Crippen LogP contribution in [0.25, 0.3) is 0 Å². The predicted octanol–water partition coefficient (Wildman–Crippen LogP) is 3.87. The van der Waals surface area contributed by atoms with E-state index >= 15 is 0 Å². The number of nitrogens with one attached hydrogen (secondary N) is 1. The highest BCUT2D eigenvalue weighted by Gasteiger charge is 2.09. The highest BCUT2D eigenvalue weighted by Crippen LogP contribution is 2.26. The summed E-state index contributed by atoms with van der Waals surface area (Å²) in [6.45, 7) is 5.38. The smallest absolute Gasteiger partial charge is 0.0202 e. The maximum atomic E-state index is 3.17. The molecule has 0 aliphatic rings. The van der Waals surface area contributed by atoms with Crippen LogP contribution in [0.3, 0.4) is 0 Å². The number of rotatable bonds is 4. The van der Waals surface area contributed by atoms with E-state index in [1.165, 1.54) is 22.3 Å². The standard InChI is InChI=1S/C17H21N/c1-13-6-4-5-7-17(13)14(2)16-10-8-15(9-11-16)12-18-3/h4-11,14,18H,12H2,1-3H3. The average molecular weight is 239 g/mol. The summed E-state index contributed by atoms with van der Waals surface area (Å²) in [7, 11) is 1.98. The quantitative estimate of drug-likeness (QED) is 0.854. The summed E-state index contributed by atoms with van der Waals surface area (Å²) >= 11 is 0. The van der Waals surface area contributed by atoms with Crippen LogP contribution in [-0.2, 0) is 6.54 Å². The molecule has 1 unspecified atom stereocenters. The van der Waals surface area contributed by atoms with Crippen molar-refractivity contribution in [2.75, 3.05) is 7.05 Å². The normalized spacial score (nSPS) is 12.4. The Labute approximate surface area is 110 Å². The van der Waals surface area contributed by atoms with Gasteiger partial charge in [0.05, 0.1) is 0 Å². The van der Waals surface area contributed by atoms with Gasteiger partial charge in [0.15, 0.2) is 0 Å². The molecule has 0 amide bonds. The Hall–Kier alpha value is -1.60. The molecule has 2 rings (SSSR count). The van der Waals surface area contributed by atoms with Crippen LogP contribution in [0.2, 0.25) is 0 Å². The Kier molecular flexibility index (Phi) is 4.16. The fraction of sp³-hybridized carbons (Fsp3) is 0.294. The average Bonchev–Trinajstić information content (AvgIpc) is 2.40. The van der Waals surface area contributed by atoms with Crippen LogP contribution < -0.4 is 5.32 Å². The van der Waals surface area contributed by atoms with E-state index in [1.54, 1.807) is 0 Å². The van der Waals surface area contributed by atoms with Gasteiger partial charge in [-0.05, 0) is 36.2 Å². The van der Waals surface area contributed by atoms with E-state index in [4.69, 9.17) is 0 Å². The molecule has 0 fully saturated rings. The third-order valence-electron chi connectivity index (χ3n) is 3.52. The third-order valence-corrected chi connectivity index (χ3v) is 3.52. The van der Waals surface area contributed by atoms with Crippen molar-refractivity contribution in [3.8, 4) is 0 Å². The van der Waals surface area contributed by atoms with Gasteiger partial charge in [0.25, 0.3) is 0 Å². The van der Waals surface area contributed by atoms with Gasteiger partial charge in [0.1, 0.15) is 0 Å². The second-order valence-corrected chi connectivity index (χ2v) is 4.85. The van der Waals surface area contributed by atoms with Gasteiger partial charge in [0, 0.05) is 12.5 Å². The highest BCUT2D eigenvalue weighted by atomic mass is 14.8. The first-order chi connectivity index (χ1) is 8.72. The molecule has 0 saturated heterocycles. The molecular weight excluding hydrogens is 218 g/mol. The predicted molar refractivity (Wildman–Crippen MR) is 77.9 cm³/mol. The number of aryl methyl sites for hydroxylation is 1. The number of hydrogen-bond acceptors (Lipinski definition) is 1. The Morgan fingerprint density at radius 1 is 1.00 bits per heavy atom. The molecule has 0 spiro atoms. The summed E-state index contributed by atoms with van der Waals surface area (Å²) in [6.07, 6.45) is 0. The van der Waals surface area contributed by atoms with E-state index in [1.807, 2.05) is 7.05 Å². The Bertz CT molecular complexity index is 499. The van der Waals surface area contributed by atoms with E-state index in [0.29, 0.717) is 5.92 Å². The first kappa shape index (κ1) is 12.8. The van der Waals surface area contributed by atoms with Crippen LogP contribution in [0.5, 0.6) is 0 Å². The van der Waals surface area contributed by atoms with E-state index in [0.717, 1.165) is 6.54 Å². The van der Waals surface area contributed by atoms with Crippen molar-refractivity contribution in [3.05, 3.63) is 70.8 Å². The lowest BCUT2D eigenvalue weighted by Gasteiger charge is -2.15. The lowest BCUT2D eigenvalue weighted by molar-refractivity contribution is 0.815. The van der Waals surface area contributed by atoms with Crippen LogP contribution in [0, 0.1) is 6.92 Å². The van der Waals surface area contributed by atoms with Crippen LogP contribution in [0.4, 0.5) is 0 Å². The van der Waals surface area contributed by atoms with Crippen molar-refractivity contribution >= 4 is 0 Å². The molecule has 18 heavy (non-hydrogen) atoms. The number of hydrogen-bond donors (Lipinski definition) is 1. The summed E-state index contributed by atoms with van der Waals surface area (Å²) in [6, 6.07) is 17.5. The molecule has 1 heteroatoms. The maximum Gasteiger partial charge on any atom is 0.0202 e. The zero-order chi connectivity index (χ0) is 13.0. The van der Waals surface area contributed by atoms with E-state index in [-0.39, 0.29) is 0 Å². The first-order valence-electron chi connectivity index (χ1n) is 6.51. The van der Waals surface area contributed by atoms with Gasteiger partial charge >= 0.3 is 0 Å². The molecule has 0 heterocycles. The first-order valence-corrected chi connectivity index (χ1v) is 6.51. The minimum Gasteiger partial charge on any atom is -0.316 e. The van der Waals surface area contributed by atoms with Gasteiger partial charge in [-0.25, -0.2) is 0 Å². The summed E-state index contributed by atoms with van der Waals surface area (Å²) < 4.78 is 0. The van der Waals surface area contributed by atoms with Crippen LogP contribution in [-0.4, -0.2) is 7.05 Å². The van der Waals surface area contributed by atoms with Gasteiger partial charge in [-0.1, -0.05) is 55.5 Å². The third kappa shape index (κ3) is 2.80. The summed E-state index contributed by atoms with van der Waals surface area (Å²) in [4.78, 5) is 0. The summed E-state index contributed by atoms with van der Waals surface area (Å²) in [5.74, 6) is 0.454. The Morgan fingerprint density at radius 2 is 1.67 bits per heavy atom. The second kappa shape index (κ2) is 5.83. The summed E-state index contributed by atoms with van der Waals surface area (Å²) in [5.41, 5.74) is 5.49. The van der Waals surface area contributed by atoms with Crippen LogP contribution in [0.15, 0.2) is 48.5 Å². The topological polar surface area (TPSA) is 12.0 Å². The molecule has 94 valence electrons. The molecule has 0 bridgehead atoms. The zero-order valence-corrected chi connectivity index (χ0v) is 11.4. The SMILES string of the molecule is CNCc1ccc(C(C)c2ccccc2C)cc1. The van der Waals surface area contributed by atoms with Crippen LogP contribution >= 0.6 is 0 Å². The zero-order valence-electron chi connectivity index (χ0n) is 11.4. The molecule has 0 aromatic heterocycles. The molecule has 0 radical (unpaired) electrons. The van der Waals surface area contributed by atoms with Gasteiger partial charge in [-0.15, -0.1) is 0 Å². The van der Waals surface area contributed by atoms with E-state index < -0.39 is 0 Å². The molecule has 0 saturated carbocycles. The van der Waals surface area contributed by atoms with Crippen molar-refractivity contribution in [2.24, 2.45) is 0 Å². The largest absolute Gasteiger partial charge is 0.316 e.